The Hall–Kier alpha value is -2.64. The molecule has 3 amide bonds. The van der Waals surface area contributed by atoms with Crippen LogP contribution in [-0.2, 0) is 4.79 Å². The Morgan fingerprint density at radius 2 is 1.95 bits per heavy atom. The van der Waals surface area contributed by atoms with Crippen molar-refractivity contribution in [3.63, 3.8) is 0 Å². The molecule has 0 spiro atoms. The van der Waals surface area contributed by atoms with E-state index in [0.29, 0.717) is 13.1 Å². The van der Waals surface area contributed by atoms with Crippen molar-refractivity contribution in [2.24, 2.45) is 0 Å². The van der Waals surface area contributed by atoms with Crippen LogP contribution >= 0.6 is 0 Å². The van der Waals surface area contributed by atoms with Crippen molar-refractivity contribution in [2.45, 2.75) is 13.8 Å². The summed E-state index contributed by atoms with van der Waals surface area (Å²) in [5.41, 5.74) is -0.194. The number of carbonyl (C=O) groups excluding carboxylic acids is 2. The Morgan fingerprint density at radius 1 is 1.29 bits per heavy atom. The van der Waals surface area contributed by atoms with Crippen molar-refractivity contribution in [1.29, 1.82) is 0 Å². The van der Waals surface area contributed by atoms with Gasteiger partial charge in [0, 0.05) is 19.3 Å². The summed E-state index contributed by atoms with van der Waals surface area (Å²) in [6.45, 7) is 4.65. The number of anilines is 1. The molecule has 1 heterocycles. The van der Waals surface area contributed by atoms with E-state index in [0.717, 1.165) is 0 Å². The first-order chi connectivity index (χ1) is 9.99. The van der Waals surface area contributed by atoms with E-state index < -0.39 is 12.0 Å². The minimum Gasteiger partial charge on any atom is -0.476 e. The van der Waals surface area contributed by atoms with Crippen LogP contribution < -0.4 is 10.6 Å². The fourth-order valence-corrected chi connectivity index (χ4v) is 1.69. The van der Waals surface area contributed by atoms with Gasteiger partial charge in [-0.25, -0.2) is 14.6 Å². The molecule has 8 heteroatoms. The Morgan fingerprint density at radius 3 is 2.52 bits per heavy atom. The van der Waals surface area contributed by atoms with E-state index in [9.17, 15) is 14.4 Å². The third-order valence-corrected chi connectivity index (χ3v) is 2.77. The maximum absolute atomic E-state index is 11.7. The molecule has 0 aliphatic carbocycles. The number of carbonyl (C=O) groups is 3. The smallest absolute Gasteiger partial charge is 0.356 e. The van der Waals surface area contributed by atoms with Crippen molar-refractivity contribution in [3.8, 4) is 0 Å². The van der Waals surface area contributed by atoms with E-state index in [1.54, 1.807) is 4.90 Å². The number of carboxylic acids is 1. The summed E-state index contributed by atoms with van der Waals surface area (Å²) < 4.78 is 0. The van der Waals surface area contributed by atoms with Crippen LogP contribution in [0.2, 0.25) is 0 Å². The topological polar surface area (TPSA) is 112 Å². The molecule has 0 saturated carbocycles. The van der Waals surface area contributed by atoms with Crippen LogP contribution in [0, 0.1) is 0 Å². The molecular formula is C13H18N4O4. The highest BCUT2D eigenvalue weighted by atomic mass is 16.4. The molecule has 0 fully saturated rings. The number of likely N-dealkylation sites (N-methyl/N-ethyl adjacent to an activating group) is 1. The average Bonchev–Trinajstić information content (AvgIpc) is 2.46. The Balaban J connectivity index is 2.59. The van der Waals surface area contributed by atoms with E-state index in [1.165, 1.54) is 18.3 Å². The van der Waals surface area contributed by atoms with Gasteiger partial charge in [0.1, 0.15) is 0 Å². The molecule has 1 rings (SSSR count). The molecule has 8 nitrogen and oxygen atoms in total. The molecule has 1 aromatic rings. The van der Waals surface area contributed by atoms with E-state index in [1.807, 2.05) is 13.8 Å². The van der Waals surface area contributed by atoms with Crippen LogP contribution in [0.15, 0.2) is 18.3 Å². The molecule has 0 aromatic carbocycles. The second-order valence-corrected chi connectivity index (χ2v) is 4.08. The standard InChI is InChI=1S/C13H18N4O4/c1-3-17(4-2)10(18)8-15-13(21)16-9-6-5-7-14-11(9)12(19)20/h5-7H,3-4,8H2,1-2H3,(H,19,20)(H2,15,16,21). The van der Waals surface area contributed by atoms with Gasteiger partial charge in [0.25, 0.3) is 0 Å². The molecule has 0 atom stereocenters. The van der Waals surface area contributed by atoms with Crippen LogP contribution in [-0.4, -0.2) is 52.5 Å². The summed E-state index contributed by atoms with van der Waals surface area (Å²) in [4.78, 5) is 39.6. The van der Waals surface area contributed by atoms with Crippen molar-refractivity contribution in [3.05, 3.63) is 24.0 Å². The van der Waals surface area contributed by atoms with Crippen LogP contribution in [0.3, 0.4) is 0 Å². The number of hydrogen-bond acceptors (Lipinski definition) is 4. The summed E-state index contributed by atoms with van der Waals surface area (Å²) in [5, 5.41) is 13.7. The highest BCUT2D eigenvalue weighted by Crippen LogP contribution is 2.11. The number of hydrogen-bond donors (Lipinski definition) is 3. The Kier molecular flexibility index (Phi) is 6.12. The quantitative estimate of drug-likeness (QED) is 0.717. The largest absolute Gasteiger partial charge is 0.476 e. The Labute approximate surface area is 122 Å². The van der Waals surface area contributed by atoms with Gasteiger partial charge in [-0.1, -0.05) is 0 Å². The lowest BCUT2D eigenvalue weighted by Crippen LogP contribution is -2.41. The molecular weight excluding hydrogens is 276 g/mol. The van der Waals surface area contributed by atoms with Gasteiger partial charge in [-0.2, -0.15) is 0 Å². The van der Waals surface area contributed by atoms with Crippen molar-refractivity contribution in [2.75, 3.05) is 25.0 Å². The van der Waals surface area contributed by atoms with Gasteiger partial charge in [-0.05, 0) is 26.0 Å². The van der Waals surface area contributed by atoms with Crippen molar-refractivity contribution >= 4 is 23.6 Å². The van der Waals surface area contributed by atoms with E-state index in [-0.39, 0.29) is 23.8 Å². The number of carboxylic acid groups (broad SMARTS) is 1. The summed E-state index contributed by atoms with van der Waals surface area (Å²) >= 11 is 0. The van der Waals surface area contributed by atoms with Crippen LogP contribution in [0.5, 0.6) is 0 Å². The predicted octanol–water partition coefficient (Wildman–Crippen LogP) is 0.770. The van der Waals surface area contributed by atoms with Crippen LogP contribution in [0.25, 0.3) is 0 Å². The van der Waals surface area contributed by atoms with Crippen LogP contribution in [0.4, 0.5) is 10.5 Å². The van der Waals surface area contributed by atoms with Gasteiger partial charge in [0.2, 0.25) is 5.91 Å². The number of nitrogens with one attached hydrogen (secondary N) is 2. The number of urea groups is 1. The molecule has 1 aromatic heterocycles. The molecule has 0 unspecified atom stereocenters. The minimum atomic E-state index is -1.25. The lowest BCUT2D eigenvalue weighted by Gasteiger charge is -2.18. The number of nitrogens with zero attached hydrogens (tertiary/aromatic N) is 2. The summed E-state index contributed by atoms with van der Waals surface area (Å²) in [6, 6.07) is 2.26. The SMILES string of the molecule is CCN(CC)C(=O)CNC(=O)Nc1cccnc1C(=O)O. The third kappa shape index (κ3) is 4.75. The first kappa shape index (κ1) is 16.4. The number of aromatic carboxylic acids is 1. The predicted molar refractivity (Wildman–Crippen MR) is 76.1 cm³/mol. The summed E-state index contributed by atoms with van der Waals surface area (Å²) in [5.74, 6) is -1.45. The van der Waals surface area contributed by atoms with Gasteiger partial charge in [-0.3, -0.25) is 4.79 Å². The second-order valence-electron chi connectivity index (χ2n) is 4.08. The van der Waals surface area contributed by atoms with E-state index in [2.05, 4.69) is 15.6 Å². The second kappa shape index (κ2) is 7.83. The molecule has 21 heavy (non-hydrogen) atoms. The lowest BCUT2D eigenvalue weighted by atomic mass is 10.3. The maximum Gasteiger partial charge on any atom is 0.356 e. The zero-order chi connectivity index (χ0) is 15.8. The fraction of sp³-hybridized carbons (Fsp3) is 0.385. The van der Waals surface area contributed by atoms with Gasteiger partial charge >= 0.3 is 12.0 Å². The third-order valence-electron chi connectivity index (χ3n) is 2.77. The summed E-state index contributed by atoms with van der Waals surface area (Å²) in [7, 11) is 0. The summed E-state index contributed by atoms with van der Waals surface area (Å²) in [6.07, 6.45) is 1.32. The van der Waals surface area contributed by atoms with Gasteiger partial charge in [-0.15, -0.1) is 0 Å². The average molecular weight is 294 g/mol. The Bertz CT molecular complexity index is 529. The van der Waals surface area contributed by atoms with Crippen LogP contribution in [0.1, 0.15) is 24.3 Å². The molecule has 0 saturated heterocycles. The first-order valence-corrected chi connectivity index (χ1v) is 6.50. The van der Waals surface area contributed by atoms with E-state index in [4.69, 9.17) is 5.11 Å². The van der Waals surface area contributed by atoms with E-state index >= 15 is 0 Å². The molecule has 0 radical (unpaired) electrons. The molecule has 0 aliphatic rings. The number of pyridine rings is 1. The molecule has 0 bridgehead atoms. The fourth-order valence-electron chi connectivity index (χ4n) is 1.69. The monoisotopic (exact) mass is 294 g/mol. The van der Waals surface area contributed by atoms with Gasteiger partial charge < -0.3 is 20.6 Å². The normalized spacial score (nSPS) is 9.81. The lowest BCUT2D eigenvalue weighted by molar-refractivity contribution is -0.129. The molecule has 114 valence electrons. The highest BCUT2D eigenvalue weighted by Gasteiger charge is 2.15. The number of rotatable bonds is 6. The van der Waals surface area contributed by atoms with Gasteiger partial charge in [0.05, 0.1) is 12.2 Å². The minimum absolute atomic E-state index is 0.0674. The number of aromatic nitrogens is 1. The van der Waals surface area contributed by atoms with Crippen molar-refractivity contribution in [1.82, 2.24) is 15.2 Å². The zero-order valence-electron chi connectivity index (χ0n) is 11.9. The van der Waals surface area contributed by atoms with Gasteiger partial charge in [0.15, 0.2) is 5.69 Å². The number of amides is 3. The first-order valence-electron chi connectivity index (χ1n) is 6.50. The molecule has 0 aliphatic heterocycles. The maximum atomic E-state index is 11.7. The van der Waals surface area contributed by atoms with Crippen molar-refractivity contribution < 1.29 is 19.5 Å². The zero-order valence-corrected chi connectivity index (χ0v) is 11.9. The molecule has 3 N–H and O–H groups in total. The highest BCUT2D eigenvalue weighted by molar-refractivity contribution is 5.99.